The Bertz CT molecular complexity index is 344. The highest BCUT2D eigenvalue weighted by Crippen LogP contribution is 2.25. The molecule has 1 aromatic heterocycles. The maximum Gasteiger partial charge on any atom is 0.225 e. The minimum Gasteiger partial charge on any atom is -0.338 e. The van der Waals surface area contributed by atoms with E-state index >= 15 is 0 Å². The predicted octanol–water partition coefficient (Wildman–Crippen LogP) is 2.06. The smallest absolute Gasteiger partial charge is 0.225 e. The molecule has 0 aliphatic heterocycles. The fourth-order valence-corrected chi connectivity index (χ4v) is 2.32. The van der Waals surface area contributed by atoms with E-state index in [0.717, 1.165) is 18.8 Å². The lowest BCUT2D eigenvalue weighted by Gasteiger charge is -2.27. The number of rotatable bonds is 4. The molecule has 0 atom stereocenters. The van der Waals surface area contributed by atoms with Gasteiger partial charge in [-0.3, -0.25) is 4.79 Å². The first-order valence-corrected chi connectivity index (χ1v) is 5.89. The van der Waals surface area contributed by atoms with Gasteiger partial charge in [0.2, 0.25) is 5.95 Å². The monoisotopic (exact) mass is 219 g/mol. The molecule has 4 nitrogen and oxygen atoms in total. The highest BCUT2D eigenvalue weighted by atomic mass is 16.1. The van der Waals surface area contributed by atoms with Crippen molar-refractivity contribution in [2.24, 2.45) is 0 Å². The fourth-order valence-electron chi connectivity index (χ4n) is 2.32. The van der Waals surface area contributed by atoms with Crippen molar-refractivity contribution in [3.8, 4) is 0 Å². The van der Waals surface area contributed by atoms with Gasteiger partial charge >= 0.3 is 0 Å². The van der Waals surface area contributed by atoms with E-state index in [1.807, 2.05) is 0 Å². The van der Waals surface area contributed by atoms with Gasteiger partial charge in [-0.25, -0.2) is 9.97 Å². The summed E-state index contributed by atoms with van der Waals surface area (Å²) < 4.78 is 0. The number of aldehydes is 1. The summed E-state index contributed by atoms with van der Waals surface area (Å²) in [6, 6.07) is 0.576. The Kier molecular flexibility index (Phi) is 3.49. The zero-order chi connectivity index (χ0) is 11.4. The van der Waals surface area contributed by atoms with Gasteiger partial charge in [-0.2, -0.15) is 0 Å². The fraction of sp³-hybridized carbons (Fsp3) is 0.583. The van der Waals surface area contributed by atoms with Crippen molar-refractivity contribution < 1.29 is 4.79 Å². The van der Waals surface area contributed by atoms with Crippen LogP contribution in [0.15, 0.2) is 12.4 Å². The molecule has 1 aliphatic rings. The van der Waals surface area contributed by atoms with Crippen LogP contribution >= 0.6 is 0 Å². The van der Waals surface area contributed by atoms with E-state index in [0.29, 0.717) is 11.6 Å². The third-order valence-corrected chi connectivity index (χ3v) is 3.16. The van der Waals surface area contributed by atoms with Gasteiger partial charge in [-0.15, -0.1) is 0 Å². The Morgan fingerprint density at radius 1 is 1.38 bits per heavy atom. The third-order valence-electron chi connectivity index (χ3n) is 3.16. The second-order valence-electron chi connectivity index (χ2n) is 4.16. The van der Waals surface area contributed by atoms with Crippen molar-refractivity contribution in [2.75, 3.05) is 11.4 Å². The summed E-state index contributed by atoms with van der Waals surface area (Å²) >= 11 is 0. The molecule has 2 rings (SSSR count). The van der Waals surface area contributed by atoms with Crippen molar-refractivity contribution in [1.29, 1.82) is 0 Å². The molecule has 0 radical (unpaired) electrons. The summed E-state index contributed by atoms with van der Waals surface area (Å²) in [5, 5.41) is 0. The third kappa shape index (κ3) is 2.21. The second-order valence-corrected chi connectivity index (χ2v) is 4.16. The number of anilines is 1. The van der Waals surface area contributed by atoms with Crippen molar-refractivity contribution in [2.45, 2.75) is 38.6 Å². The Labute approximate surface area is 95.7 Å². The van der Waals surface area contributed by atoms with Crippen LogP contribution in [0.4, 0.5) is 5.95 Å². The van der Waals surface area contributed by atoms with E-state index in [1.54, 1.807) is 12.4 Å². The quantitative estimate of drug-likeness (QED) is 0.727. The van der Waals surface area contributed by atoms with Gasteiger partial charge in [0.15, 0.2) is 6.29 Å². The molecule has 1 aliphatic carbocycles. The highest BCUT2D eigenvalue weighted by molar-refractivity contribution is 5.73. The molecular weight excluding hydrogens is 202 g/mol. The number of carbonyl (C=O) groups is 1. The van der Waals surface area contributed by atoms with Crippen LogP contribution in [0.3, 0.4) is 0 Å². The first-order valence-electron chi connectivity index (χ1n) is 5.89. The van der Waals surface area contributed by atoms with Crippen molar-refractivity contribution in [1.82, 2.24) is 9.97 Å². The normalized spacial score (nSPS) is 16.3. The lowest BCUT2D eigenvalue weighted by Crippen LogP contribution is -2.34. The summed E-state index contributed by atoms with van der Waals surface area (Å²) in [5.41, 5.74) is 0.534. The summed E-state index contributed by atoms with van der Waals surface area (Å²) in [4.78, 5) is 21.3. The summed E-state index contributed by atoms with van der Waals surface area (Å²) in [7, 11) is 0. The molecule has 1 heterocycles. The molecule has 0 N–H and O–H groups in total. The number of aromatic nitrogens is 2. The second kappa shape index (κ2) is 5.05. The summed E-state index contributed by atoms with van der Waals surface area (Å²) in [6.45, 7) is 3.04. The van der Waals surface area contributed by atoms with Crippen LogP contribution in [-0.2, 0) is 0 Å². The van der Waals surface area contributed by atoms with Gasteiger partial charge in [0.05, 0.1) is 5.56 Å². The predicted molar refractivity (Wildman–Crippen MR) is 62.7 cm³/mol. The van der Waals surface area contributed by atoms with Crippen molar-refractivity contribution in [3.63, 3.8) is 0 Å². The van der Waals surface area contributed by atoms with E-state index < -0.39 is 0 Å². The van der Waals surface area contributed by atoms with Crippen LogP contribution in [0.5, 0.6) is 0 Å². The highest BCUT2D eigenvalue weighted by Gasteiger charge is 2.23. The Morgan fingerprint density at radius 2 is 2.00 bits per heavy atom. The zero-order valence-corrected chi connectivity index (χ0v) is 9.59. The molecule has 0 bridgehead atoms. The van der Waals surface area contributed by atoms with E-state index in [1.165, 1.54) is 25.7 Å². The molecular formula is C12H17N3O. The van der Waals surface area contributed by atoms with Crippen LogP contribution in [0, 0.1) is 0 Å². The molecule has 16 heavy (non-hydrogen) atoms. The average molecular weight is 219 g/mol. The Balaban J connectivity index is 2.15. The van der Waals surface area contributed by atoms with Crippen LogP contribution in [0.25, 0.3) is 0 Å². The van der Waals surface area contributed by atoms with E-state index in [4.69, 9.17) is 0 Å². The van der Waals surface area contributed by atoms with Gasteiger partial charge in [0.25, 0.3) is 0 Å². The van der Waals surface area contributed by atoms with Crippen molar-refractivity contribution >= 4 is 12.2 Å². The van der Waals surface area contributed by atoms with Gasteiger partial charge in [-0.1, -0.05) is 12.8 Å². The minimum absolute atomic E-state index is 0.534. The maximum atomic E-state index is 10.5. The molecule has 0 unspecified atom stereocenters. The minimum atomic E-state index is 0.534. The molecule has 0 aromatic carbocycles. The average Bonchev–Trinajstić information content (AvgIpc) is 2.85. The number of nitrogens with zero attached hydrogens (tertiary/aromatic N) is 3. The van der Waals surface area contributed by atoms with E-state index in [9.17, 15) is 4.79 Å². The van der Waals surface area contributed by atoms with Crippen LogP contribution in [0.1, 0.15) is 43.0 Å². The van der Waals surface area contributed by atoms with Crippen molar-refractivity contribution in [3.05, 3.63) is 18.0 Å². The van der Waals surface area contributed by atoms with Crippen LogP contribution < -0.4 is 4.90 Å². The largest absolute Gasteiger partial charge is 0.338 e. The lowest BCUT2D eigenvalue weighted by atomic mass is 10.2. The summed E-state index contributed by atoms with van der Waals surface area (Å²) in [6.07, 6.45) is 9.01. The first kappa shape index (κ1) is 11.0. The van der Waals surface area contributed by atoms with Gasteiger partial charge < -0.3 is 4.90 Å². The number of hydrogen-bond donors (Lipinski definition) is 0. The molecule has 1 fully saturated rings. The lowest BCUT2D eigenvalue weighted by molar-refractivity contribution is 0.112. The van der Waals surface area contributed by atoms with Crippen LogP contribution in [-0.4, -0.2) is 28.8 Å². The Morgan fingerprint density at radius 3 is 2.50 bits per heavy atom. The van der Waals surface area contributed by atoms with E-state index in [2.05, 4.69) is 21.8 Å². The van der Waals surface area contributed by atoms with Gasteiger partial charge in [0, 0.05) is 25.0 Å². The molecule has 1 saturated carbocycles. The topological polar surface area (TPSA) is 46.1 Å². The molecule has 86 valence electrons. The molecule has 0 saturated heterocycles. The van der Waals surface area contributed by atoms with Gasteiger partial charge in [-0.05, 0) is 19.8 Å². The van der Waals surface area contributed by atoms with Gasteiger partial charge in [0.1, 0.15) is 0 Å². The number of carbonyl (C=O) groups excluding carboxylic acids is 1. The standard InChI is InChI=1S/C12H17N3O/c1-2-15(11-5-3-4-6-11)12-13-7-10(9-16)8-14-12/h7-9,11H,2-6H2,1H3. The molecule has 4 heteroatoms. The maximum absolute atomic E-state index is 10.5. The van der Waals surface area contributed by atoms with Crippen LogP contribution in [0.2, 0.25) is 0 Å². The van der Waals surface area contributed by atoms with E-state index in [-0.39, 0.29) is 0 Å². The molecule has 0 amide bonds. The molecule has 0 spiro atoms. The molecule has 1 aromatic rings. The first-order chi connectivity index (χ1) is 7.85. The number of hydrogen-bond acceptors (Lipinski definition) is 4. The SMILES string of the molecule is CCN(c1ncc(C=O)cn1)C1CCCC1. The summed E-state index contributed by atoms with van der Waals surface area (Å²) in [5.74, 6) is 0.750. The zero-order valence-electron chi connectivity index (χ0n) is 9.59. The Hall–Kier alpha value is -1.45.